The molecule has 0 radical (unpaired) electrons. The predicted octanol–water partition coefficient (Wildman–Crippen LogP) is 5.32. The largest absolute Gasteiger partial charge is 0.356 e. The number of amides is 1. The molecule has 0 bridgehead atoms. The summed E-state index contributed by atoms with van der Waals surface area (Å²) < 4.78 is 0. The van der Waals surface area contributed by atoms with Crippen LogP contribution in [0.1, 0.15) is 110 Å². The Morgan fingerprint density at radius 2 is 0.913 bits per heavy atom. The molecule has 0 aromatic carbocycles. The predicted molar refractivity (Wildman–Crippen MR) is 102 cm³/mol. The van der Waals surface area contributed by atoms with Crippen LogP contribution in [-0.4, -0.2) is 19.0 Å². The van der Waals surface area contributed by atoms with Crippen molar-refractivity contribution in [3.05, 3.63) is 0 Å². The summed E-state index contributed by atoms with van der Waals surface area (Å²) in [4.78, 5) is 10.7. The van der Waals surface area contributed by atoms with Gasteiger partial charge in [0.25, 0.3) is 0 Å². The highest BCUT2D eigenvalue weighted by molar-refractivity contribution is 5.72. The summed E-state index contributed by atoms with van der Waals surface area (Å²) >= 11 is 0. The molecule has 3 N–H and O–H groups in total. The van der Waals surface area contributed by atoms with E-state index in [4.69, 9.17) is 5.73 Å². The highest BCUT2D eigenvalue weighted by atomic mass is 16.1. The number of hydrogen-bond donors (Lipinski definition) is 2. The van der Waals surface area contributed by atoms with Crippen molar-refractivity contribution in [3.8, 4) is 0 Å². The second-order valence-corrected chi connectivity index (χ2v) is 6.93. The van der Waals surface area contributed by atoms with E-state index in [-0.39, 0.29) is 5.91 Å². The normalized spacial score (nSPS) is 10.9. The lowest BCUT2D eigenvalue weighted by atomic mass is 10.0. The van der Waals surface area contributed by atoms with Crippen LogP contribution in [0.4, 0.5) is 0 Å². The van der Waals surface area contributed by atoms with Crippen LogP contribution in [0, 0.1) is 0 Å². The van der Waals surface area contributed by atoms with Gasteiger partial charge in [0.05, 0.1) is 0 Å². The third kappa shape index (κ3) is 21.4. The zero-order valence-electron chi connectivity index (χ0n) is 15.7. The average molecular weight is 327 g/mol. The number of unbranched alkanes of at least 4 members (excludes halogenated alkanes) is 15. The highest BCUT2D eigenvalue weighted by Gasteiger charge is 1.95. The highest BCUT2D eigenvalue weighted by Crippen LogP contribution is 2.13. The molecule has 0 fully saturated rings. The maximum atomic E-state index is 10.7. The molecule has 0 rings (SSSR count). The second kappa shape index (κ2) is 19.5. The number of rotatable bonds is 18. The van der Waals surface area contributed by atoms with Gasteiger partial charge in [-0.15, -0.1) is 0 Å². The molecule has 0 aliphatic rings. The van der Waals surface area contributed by atoms with Crippen LogP contribution in [0.25, 0.3) is 0 Å². The summed E-state index contributed by atoms with van der Waals surface area (Å²) in [7, 11) is 0. The molecule has 0 spiro atoms. The Kier molecular flexibility index (Phi) is 19.0. The van der Waals surface area contributed by atoms with E-state index in [0.717, 1.165) is 19.5 Å². The number of nitrogens with two attached hydrogens (primary N) is 1. The van der Waals surface area contributed by atoms with Crippen LogP contribution in [0.5, 0.6) is 0 Å². The number of carbonyl (C=O) groups is 1. The molecule has 3 heteroatoms. The topological polar surface area (TPSA) is 55.1 Å². The zero-order chi connectivity index (χ0) is 17.0. The molecule has 3 nitrogen and oxygen atoms in total. The maximum Gasteiger partial charge on any atom is 0.216 e. The first-order chi connectivity index (χ1) is 11.3. The Labute approximate surface area is 145 Å². The standard InChI is InChI=1S/C20H42N2O/c1-20(23)22-19-17-15-13-11-9-7-5-3-2-4-6-8-10-12-14-16-18-21/h2-19,21H2,1H3,(H,22,23). The molecule has 0 aliphatic heterocycles. The van der Waals surface area contributed by atoms with Gasteiger partial charge in [0.1, 0.15) is 0 Å². The molecule has 0 aliphatic carbocycles. The van der Waals surface area contributed by atoms with Crippen molar-refractivity contribution in [1.29, 1.82) is 0 Å². The molecule has 138 valence electrons. The maximum absolute atomic E-state index is 10.7. The van der Waals surface area contributed by atoms with E-state index in [0.29, 0.717) is 0 Å². The number of carbonyl (C=O) groups excluding carboxylic acids is 1. The van der Waals surface area contributed by atoms with Gasteiger partial charge in [-0.1, -0.05) is 89.9 Å². The Bertz CT molecular complexity index is 244. The van der Waals surface area contributed by atoms with Crippen molar-refractivity contribution in [3.63, 3.8) is 0 Å². The van der Waals surface area contributed by atoms with E-state index >= 15 is 0 Å². The van der Waals surface area contributed by atoms with Crippen molar-refractivity contribution < 1.29 is 4.79 Å². The van der Waals surface area contributed by atoms with E-state index < -0.39 is 0 Å². The van der Waals surface area contributed by atoms with Crippen molar-refractivity contribution in [2.75, 3.05) is 13.1 Å². The first-order valence-corrected chi connectivity index (χ1v) is 10.2. The van der Waals surface area contributed by atoms with Gasteiger partial charge in [-0.05, 0) is 19.4 Å². The van der Waals surface area contributed by atoms with Crippen molar-refractivity contribution in [2.24, 2.45) is 5.73 Å². The van der Waals surface area contributed by atoms with Crippen LogP contribution in [0.15, 0.2) is 0 Å². The molecule has 0 heterocycles. The molecular formula is C20H42N2O. The summed E-state index contributed by atoms with van der Waals surface area (Å²) in [6.07, 6.45) is 21.7. The summed E-state index contributed by atoms with van der Waals surface area (Å²) in [5, 5.41) is 2.85. The first kappa shape index (κ1) is 22.4. The summed E-state index contributed by atoms with van der Waals surface area (Å²) in [6, 6.07) is 0. The average Bonchev–Trinajstić information content (AvgIpc) is 2.53. The van der Waals surface area contributed by atoms with Crippen molar-refractivity contribution in [2.45, 2.75) is 110 Å². The Balaban J connectivity index is 2.96. The quantitative estimate of drug-likeness (QED) is 0.335. The van der Waals surface area contributed by atoms with Gasteiger partial charge in [0, 0.05) is 13.5 Å². The Hall–Kier alpha value is -0.570. The van der Waals surface area contributed by atoms with Crippen LogP contribution in [0.2, 0.25) is 0 Å². The van der Waals surface area contributed by atoms with Gasteiger partial charge in [-0.3, -0.25) is 4.79 Å². The lowest BCUT2D eigenvalue weighted by Gasteiger charge is -2.04. The van der Waals surface area contributed by atoms with E-state index in [1.807, 2.05) is 0 Å². The van der Waals surface area contributed by atoms with Gasteiger partial charge in [0.15, 0.2) is 0 Å². The third-order valence-corrected chi connectivity index (χ3v) is 4.50. The second-order valence-electron chi connectivity index (χ2n) is 6.93. The van der Waals surface area contributed by atoms with E-state index in [2.05, 4.69) is 5.32 Å². The molecule has 0 saturated heterocycles. The van der Waals surface area contributed by atoms with Gasteiger partial charge in [-0.2, -0.15) is 0 Å². The van der Waals surface area contributed by atoms with Crippen LogP contribution in [-0.2, 0) is 4.79 Å². The van der Waals surface area contributed by atoms with Crippen molar-refractivity contribution >= 4 is 5.91 Å². The minimum atomic E-state index is 0.0941. The van der Waals surface area contributed by atoms with Crippen LogP contribution in [0.3, 0.4) is 0 Å². The molecule has 0 atom stereocenters. The monoisotopic (exact) mass is 326 g/mol. The Morgan fingerprint density at radius 1 is 0.609 bits per heavy atom. The number of hydrogen-bond acceptors (Lipinski definition) is 2. The zero-order valence-corrected chi connectivity index (χ0v) is 15.7. The molecule has 0 saturated carbocycles. The third-order valence-electron chi connectivity index (χ3n) is 4.50. The fourth-order valence-electron chi connectivity index (χ4n) is 3.01. The molecule has 0 unspecified atom stereocenters. The van der Waals surface area contributed by atoms with Gasteiger partial charge in [0.2, 0.25) is 5.91 Å². The Morgan fingerprint density at radius 3 is 1.22 bits per heavy atom. The van der Waals surface area contributed by atoms with Gasteiger partial charge < -0.3 is 11.1 Å². The minimum Gasteiger partial charge on any atom is -0.356 e. The van der Waals surface area contributed by atoms with Crippen LogP contribution >= 0.6 is 0 Å². The van der Waals surface area contributed by atoms with Crippen molar-refractivity contribution in [1.82, 2.24) is 5.32 Å². The molecule has 0 aromatic heterocycles. The summed E-state index contributed by atoms with van der Waals surface area (Å²) in [6.45, 7) is 3.29. The fraction of sp³-hybridized carbons (Fsp3) is 0.950. The van der Waals surface area contributed by atoms with E-state index in [9.17, 15) is 4.79 Å². The smallest absolute Gasteiger partial charge is 0.216 e. The van der Waals surface area contributed by atoms with E-state index in [1.165, 1.54) is 96.3 Å². The van der Waals surface area contributed by atoms with E-state index in [1.54, 1.807) is 6.92 Å². The first-order valence-electron chi connectivity index (χ1n) is 10.2. The lowest BCUT2D eigenvalue weighted by molar-refractivity contribution is -0.118. The SMILES string of the molecule is CC(=O)NCCCCCCCCCCCCCCCCCCN. The minimum absolute atomic E-state index is 0.0941. The lowest BCUT2D eigenvalue weighted by Crippen LogP contribution is -2.20. The summed E-state index contributed by atoms with van der Waals surface area (Å²) in [5.41, 5.74) is 5.49. The number of nitrogens with one attached hydrogen (secondary N) is 1. The molecular weight excluding hydrogens is 284 g/mol. The summed E-state index contributed by atoms with van der Waals surface area (Å²) in [5.74, 6) is 0.0941. The van der Waals surface area contributed by atoms with Crippen LogP contribution < -0.4 is 11.1 Å². The van der Waals surface area contributed by atoms with Gasteiger partial charge >= 0.3 is 0 Å². The van der Waals surface area contributed by atoms with Gasteiger partial charge in [-0.25, -0.2) is 0 Å². The molecule has 23 heavy (non-hydrogen) atoms. The fourth-order valence-corrected chi connectivity index (χ4v) is 3.01. The molecule has 0 aromatic rings. The molecule has 1 amide bonds.